The molecular weight excluding hydrogens is 336 g/mol. The zero-order valence-electron chi connectivity index (χ0n) is 9.68. The largest absolute Gasteiger partial charge is 0.492 e. The summed E-state index contributed by atoms with van der Waals surface area (Å²) in [6.45, 7) is 3.38. The second-order valence-electron chi connectivity index (χ2n) is 3.54. The highest BCUT2D eigenvalue weighted by molar-refractivity contribution is 9.11. The fourth-order valence-electron chi connectivity index (χ4n) is 1.29. The highest BCUT2D eigenvalue weighted by atomic mass is 79.9. The maximum absolute atomic E-state index is 5.63. The Hall–Kier alpha value is -0.100. The summed E-state index contributed by atoms with van der Waals surface area (Å²) in [5, 5.41) is 1.92. The van der Waals surface area contributed by atoms with Crippen LogP contribution in [0.3, 0.4) is 0 Å². The number of benzene rings is 1. The van der Waals surface area contributed by atoms with Crippen LogP contribution in [0.5, 0.6) is 5.75 Å². The zero-order valence-corrected chi connectivity index (χ0v) is 12.9. The molecule has 0 saturated heterocycles. The van der Waals surface area contributed by atoms with Crippen molar-refractivity contribution in [2.24, 2.45) is 0 Å². The van der Waals surface area contributed by atoms with E-state index in [4.69, 9.17) is 4.74 Å². The van der Waals surface area contributed by atoms with Gasteiger partial charge in [0.1, 0.15) is 5.75 Å². The van der Waals surface area contributed by atoms with Gasteiger partial charge < -0.3 is 4.74 Å². The van der Waals surface area contributed by atoms with Crippen molar-refractivity contribution in [2.45, 2.75) is 13.5 Å². The number of hydrazine groups is 1. The first-order chi connectivity index (χ1) is 7.54. The Bertz CT molecular complexity index is 356. The molecule has 0 aromatic heterocycles. The average molecular weight is 352 g/mol. The van der Waals surface area contributed by atoms with Gasteiger partial charge in [-0.25, -0.2) is 0 Å². The Labute approximate surface area is 113 Å². The Balaban J connectivity index is 2.94. The Morgan fingerprint density at radius 1 is 1.31 bits per heavy atom. The second kappa shape index (κ2) is 6.59. The minimum Gasteiger partial charge on any atom is -0.492 e. The van der Waals surface area contributed by atoms with Gasteiger partial charge in [-0.1, -0.05) is 15.9 Å². The molecule has 16 heavy (non-hydrogen) atoms. The van der Waals surface area contributed by atoms with E-state index in [-0.39, 0.29) is 0 Å². The van der Waals surface area contributed by atoms with Crippen LogP contribution < -0.4 is 10.2 Å². The van der Waals surface area contributed by atoms with Crippen molar-refractivity contribution in [2.75, 3.05) is 20.7 Å². The van der Waals surface area contributed by atoms with Crippen LogP contribution in [0.15, 0.2) is 21.1 Å². The van der Waals surface area contributed by atoms with Gasteiger partial charge in [0.25, 0.3) is 0 Å². The zero-order chi connectivity index (χ0) is 12.1. The van der Waals surface area contributed by atoms with Crippen LogP contribution in [-0.4, -0.2) is 25.7 Å². The first-order valence-electron chi connectivity index (χ1n) is 5.06. The molecule has 3 nitrogen and oxygen atoms in total. The third kappa shape index (κ3) is 4.05. The normalized spacial score (nSPS) is 10.9. The van der Waals surface area contributed by atoms with Crippen LogP contribution in [0.2, 0.25) is 0 Å². The first kappa shape index (κ1) is 14.0. The van der Waals surface area contributed by atoms with Gasteiger partial charge in [0.05, 0.1) is 11.1 Å². The standard InChI is InChI=1S/C11H16Br2N2O/c1-4-16-11-8(7-14-15(2)3)5-9(12)6-10(11)13/h5-6,14H,4,7H2,1-3H3. The van der Waals surface area contributed by atoms with Crippen molar-refractivity contribution in [3.8, 4) is 5.75 Å². The Morgan fingerprint density at radius 3 is 2.56 bits per heavy atom. The fraction of sp³-hybridized carbons (Fsp3) is 0.455. The van der Waals surface area contributed by atoms with Gasteiger partial charge in [0.2, 0.25) is 0 Å². The minimum atomic E-state index is 0.662. The highest BCUT2D eigenvalue weighted by Crippen LogP contribution is 2.32. The molecule has 0 radical (unpaired) electrons. The number of hydrogen-bond acceptors (Lipinski definition) is 3. The molecule has 0 spiro atoms. The molecular formula is C11H16Br2N2O. The molecule has 0 unspecified atom stereocenters. The molecule has 5 heteroatoms. The number of nitrogens with zero attached hydrogens (tertiary/aromatic N) is 1. The van der Waals surface area contributed by atoms with Crippen molar-refractivity contribution >= 4 is 31.9 Å². The molecule has 0 atom stereocenters. The van der Waals surface area contributed by atoms with Crippen LogP contribution in [0, 0.1) is 0 Å². The van der Waals surface area contributed by atoms with E-state index in [0.717, 1.165) is 26.8 Å². The van der Waals surface area contributed by atoms with Gasteiger partial charge in [-0.15, -0.1) is 0 Å². The summed E-state index contributed by atoms with van der Waals surface area (Å²) in [6.07, 6.45) is 0. The van der Waals surface area contributed by atoms with Crippen LogP contribution in [0.25, 0.3) is 0 Å². The summed E-state index contributed by atoms with van der Waals surface area (Å²) in [7, 11) is 3.93. The summed E-state index contributed by atoms with van der Waals surface area (Å²) in [5.74, 6) is 0.903. The maximum atomic E-state index is 5.63. The third-order valence-electron chi connectivity index (χ3n) is 1.96. The van der Waals surface area contributed by atoms with E-state index in [0.29, 0.717) is 6.61 Å². The lowest BCUT2D eigenvalue weighted by atomic mass is 10.2. The van der Waals surface area contributed by atoms with Gasteiger partial charge in [-0.05, 0) is 35.0 Å². The number of ether oxygens (including phenoxy) is 1. The molecule has 0 saturated carbocycles. The molecule has 1 N–H and O–H groups in total. The molecule has 0 bridgehead atoms. The maximum Gasteiger partial charge on any atom is 0.138 e. The lowest BCUT2D eigenvalue weighted by Crippen LogP contribution is -2.29. The monoisotopic (exact) mass is 350 g/mol. The van der Waals surface area contributed by atoms with Gasteiger partial charge in [0.15, 0.2) is 0 Å². The van der Waals surface area contributed by atoms with E-state index >= 15 is 0 Å². The van der Waals surface area contributed by atoms with Gasteiger partial charge in [-0.2, -0.15) is 0 Å². The van der Waals surface area contributed by atoms with Crippen molar-refractivity contribution in [3.63, 3.8) is 0 Å². The van der Waals surface area contributed by atoms with Crippen LogP contribution in [0.4, 0.5) is 0 Å². The Morgan fingerprint density at radius 2 is 2.00 bits per heavy atom. The van der Waals surface area contributed by atoms with E-state index in [9.17, 15) is 0 Å². The molecule has 0 heterocycles. The van der Waals surface area contributed by atoms with Crippen molar-refractivity contribution in [1.82, 2.24) is 10.4 Å². The molecule has 0 fully saturated rings. The molecule has 0 amide bonds. The predicted octanol–water partition coefficient (Wildman–Crippen LogP) is 3.18. The lowest BCUT2D eigenvalue weighted by Gasteiger charge is -2.16. The minimum absolute atomic E-state index is 0.662. The summed E-state index contributed by atoms with van der Waals surface area (Å²) < 4.78 is 7.64. The molecule has 0 aliphatic heterocycles. The molecule has 90 valence electrons. The number of rotatable bonds is 5. The highest BCUT2D eigenvalue weighted by Gasteiger charge is 2.09. The summed E-state index contributed by atoms with van der Waals surface area (Å²) in [5.41, 5.74) is 4.35. The average Bonchev–Trinajstić information content (AvgIpc) is 2.19. The first-order valence-corrected chi connectivity index (χ1v) is 6.64. The topological polar surface area (TPSA) is 24.5 Å². The number of hydrogen-bond donors (Lipinski definition) is 1. The second-order valence-corrected chi connectivity index (χ2v) is 5.31. The summed E-state index contributed by atoms with van der Waals surface area (Å²) >= 11 is 6.99. The van der Waals surface area contributed by atoms with Crippen LogP contribution in [0.1, 0.15) is 12.5 Å². The fourth-order valence-corrected chi connectivity index (χ4v) is 2.72. The summed E-state index contributed by atoms with van der Waals surface area (Å²) in [6, 6.07) is 4.05. The summed E-state index contributed by atoms with van der Waals surface area (Å²) in [4.78, 5) is 0. The van der Waals surface area contributed by atoms with E-state index in [1.807, 2.05) is 32.1 Å². The molecule has 1 aromatic rings. The van der Waals surface area contributed by atoms with Crippen LogP contribution >= 0.6 is 31.9 Å². The molecule has 0 aliphatic rings. The third-order valence-corrected chi connectivity index (χ3v) is 3.01. The van der Waals surface area contributed by atoms with Gasteiger partial charge in [-0.3, -0.25) is 10.4 Å². The smallest absolute Gasteiger partial charge is 0.138 e. The number of halogens is 2. The lowest BCUT2D eigenvalue weighted by molar-refractivity contribution is 0.279. The van der Waals surface area contributed by atoms with Crippen molar-refractivity contribution < 1.29 is 4.74 Å². The quantitative estimate of drug-likeness (QED) is 0.824. The van der Waals surface area contributed by atoms with Crippen molar-refractivity contribution in [3.05, 3.63) is 26.6 Å². The van der Waals surface area contributed by atoms with E-state index in [1.165, 1.54) is 0 Å². The molecule has 0 aliphatic carbocycles. The van der Waals surface area contributed by atoms with E-state index in [2.05, 4.69) is 43.4 Å². The molecule has 1 rings (SSSR count). The number of nitrogens with one attached hydrogen (secondary N) is 1. The van der Waals surface area contributed by atoms with E-state index in [1.54, 1.807) is 0 Å². The molecule has 1 aromatic carbocycles. The van der Waals surface area contributed by atoms with Crippen LogP contribution in [-0.2, 0) is 6.54 Å². The van der Waals surface area contributed by atoms with Crippen molar-refractivity contribution in [1.29, 1.82) is 0 Å². The predicted molar refractivity (Wildman–Crippen MR) is 73.5 cm³/mol. The SMILES string of the molecule is CCOc1c(Br)cc(Br)cc1CNN(C)C. The Kier molecular flexibility index (Phi) is 5.75. The van der Waals surface area contributed by atoms with E-state index < -0.39 is 0 Å². The van der Waals surface area contributed by atoms with Gasteiger partial charge in [0, 0.05) is 30.7 Å². The van der Waals surface area contributed by atoms with Gasteiger partial charge >= 0.3 is 0 Å².